The van der Waals surface area contributed by atoms with Crippen molar-refractivity contribution in [3.8, 4) is 34.8 Å². The fraction of sp³-hybridized carbons (Fsp3) is 0.422. The Hall–Kier alpha value is -5.64. The van der Waals surface area contributed by atoms with Crippen molar-refractivity contribution >= 4 is 54.1 Å². The number of carbonyl (C=O) groups is 1. The zero-order valence-electron chi connectivity index (χ0n) is 35.9. The first-order valence-electron chi connectivity index (χ1n) is 21.0. The van der Waals surface area contributed by atoms with Gasteiger partial charge in [0.2, 0.25) is 15.9 Å². The molecule has 0 bridgehead atoms. The van der Waals surface area contributed by atoms with Gasteiger partial charge in [-0.05, 0) is 94.7 Å². The molecule has 9 rings (SSSR count). The first kappa shape index (κ1) is 46.5. The van der Waals surface area contributed by atoms with E-state index in [0.29, 0.717) is 36.4 Å². The molecule has 4 aliphatic carbocycles. The van der Waals surface area contributed by atoms with Gasteiger partial charge in [0.15, 0.2) is 21.3 Å². The molecule has 5 aromatic rings. The van der Waals surface area contributed by atoms with Gasteiger partial charge in [-0.1, -0.05) is 29.5 Å². The first-order chi connectivity index (χ1) is 31.2. The molecule has 2 aromatic carbocycles. The lowest BCUT2D eigenvalue weighted by molar-refractivity contribution is -0.142. The molecule has 1 amide bonds. The molecule has 352 valence electrons. The summed E-state index contributed by atoms with van der Waals surface area (Å²) in [4.78, 5) is 19.0. The number of aromatic nitrogens is 5. The molecule has 12 nitrogen and oxygen atoms in total. The number of amides is 1. The van der Waals surface area contributed by atoms with E-state index in [2.05, 4.69) is 43.9 Å². The zero-order chi connectivity index (χ0) is 48.4. The lowest BCUT2D eigenvalue weighted by Crippen LogP contribution is -2.35. The molecule has 0 spiro atoms. The molecule has 2 N–H and O–H groups in total. The topological polar surface area (TPSA) is 158 Å². The molecule has 0 saturated heterocycles. The number of hydrogen-bond donors (Lipinski definition) is 2. The van der Waals surface area contributed by atoms with Crippen LogP contribution >= 0.6 is 11.6 Å². The van der Waals surface area contributed by atoms with Gasteiger partial charge in [-0.25, -0.2) is 30.6 Å². The van der Waals surface area contributed by atoms with Gasteiger partial charge in [0.1, 0.15) is 34.3 Å². The summed E-state index contributed by atoms with van der Waals surface area (Å²) < 4.78 is 160. The average Bonchev–Trinajstić information content (AvgIpc) is 4.07. The Bertz CT molecular complexity index is 3280. The number of nitrogens with one attached hydrogen (secondary N) is 2. The van der Waals surface area contributed by atoms with E-state index in [0.717, 1.165) is 12.1 Å². The van der Waals surface area contributed by atoms with E-state index >= 15 is 8.78 Å². The van der Waals surface area contributed by atoms with Crippen LogP contribution < -0.4 is 10.0 Å². The highest BCUT2D eigenvalue weighted by molar-refractivity contribution is 7.94. The number of alkyl halides is 5. The van der Waals surface area contributed by atoms with Crippen LogP contribution in [0.25, 0.3) is 22.0 Å². The highest BCUT2D eigenvalue weighted by Gasteiger charge is 2.61. The zero-order valence-corrected chi connectivity index (χ0v) is 38.3. The quantitative estimate of drug-likeness (QED) is 0.0939. The number of halogens is 8. The van der Waals surface area contributed by atoms with Gasteiger partial charge in [-0.3, -0.25) is 18.9 Å². The summed E-state index contributed by atoms with van der Waals surface area (Å²) in [7, 11) is -6.17. The third kappa shape index (κ3) is 8.10. The molecule has 2 saturated carbocycles. The Kier molecular flexibility index (Phi) is 10.9. The fourth-order valence-corrected chi connectivity index (χ4v) is 12.1. The number of sulfonamides is 1. The lowest BCUT2D eigenvalue weighted by Gasteiger charge is -2.23. The van der Waals surface area contributed by atoms with Crippen LogP contribution in [0.15, 0.2) is 42.5 Å². The molecule has 3 aromatic heterocycles. The van der Waals surface area contributed by atoms with Gasteiger partial charge in [0.05, 0.1) is 49.5 Å². The molecule has 67 heavy (non-hydrogen) atoms. The molecular formula is C45H39ClF7N7O5S2. The number of aryl methyl sites for hydroxylation is 1. The van der Waals surface area contributed by atoms with E-state index in [1.165, 1.54) is 49.8 Å². The minimum atomic E-state index is -5.19. The predicted octanol–water partition coefficient (Wildman–Crippen LogP) is 8.10. The van der Waals surface area contributed by atoms with Crippen LogP contribution in [0, 0.1) is 41.2 Å². The van der Waals surface area contributed by atoms with E-state index in [1.807, 2.05) is 0 Å². The Balaban J connectivity index is 1.20. The van der Waals surface area contributed by atoms with Gasteiger partial charge in [-0.2, -0.15) is 32.1 Å². The second-order valence-electron chi connectivity index (χ2n) is 18.1. The third-order valence-electron chi connectivity index (χ3n) is 12.8. The molecule has 4 aliphatic rings. The fourth-order valence-electron chi connectivity index (χ4n) is 8.77. The maximum absolute atomic E-state index is 16.0. The van der Waals surface area contributed by atoms with Crippen LogP contribution in [0.5, 0.6) is 0 Å². The van der Waals surface area contributed by atoms with Gasteiger partial charge in [0, 0.05) is 36.2 Å². The average molecular weight is 990 g/mol. The number of pyridine rings is 1. The molecule has 0 aliphatic heterocycles. The van der Waals surface area contributed by atoms with Crippen molar-refractivity contribution in [3.63, 3.8) is 0 Å². The summed E-state index contributed by atoms with van der Waals surface area (Å²) in [6.07, 6.45) is -4.27. The summed E-state index contributed by atoms with van der Waals surface area (Å²) in [6, 6.07) is 6.98. The summed E-state index contributed by atoms with van der Waals surface area (Å²) in [5, 5.41) is 10.2. The van der Waals surface area contributed by atoms with E-state index in [9.17, 15) is 43.6 Å². The van der Waals surface area contributed by atoms with E-state index in [-0.39, 0.29) is 56.2 Å². The minimum Gasteiger partial charge on any atom is -0.346 e. The second-order valence-corrected chi connectivity index (χ2v) is 23.5. The first-order valence-corrected chi connectivity index (χ1v) is 24.4. The Morgan fingerprint density at radius 3 is 2.33 bits per heavy atom. The number of rotatable bonds is 12. The van der Waals surface area contributed by atoms with Crippen molar-refractivity contribution in [1.29, 1.82) is 0 Å². The molecular weight excluding hydrogens is 951 g/mol. The Morgan fingerprint density at radius 2 is 1.69 bits per heavy atom. The predicted molar refractivity (Wildman–Crippen MR) is 233 cm³/mol. The van der Waals surface area contributed by atoms with Gasteiger partial charge < -0.3 is 5.32 Å². The number of sulfone groups is 1. The lowest BCUT2D eigenvalue weighted by atomic mass is 9.93. The summed E-state index contributed by atoms with van der Waals surface area (Å²) in [5.41, 5.74) is -3.03. The summed E-state index contributed by atoms with van der Waals surface area (Å²) in [6.45, 7) is 3.28. The maximum Gasteiger partial charge on any atom is 0.435 e. The van der Waals surface area contributed by atoms with Crippen molar-refractivity contribution < 1.29 is 52.4 Å². The van der Waals surface area contributed by atoms with Crippen molar-refractivity contribution in [3.05, 3.63) is 93.0 Å². The number of carbonyl (C=O) groups excluding carboxylic acids is 1. The van der Waals surface area contributed by atoms with Crippen LogP contribution in [0.3, 0.4) is 0 Å². The van der Waals surface area contributed by atoms with E-state index in [4.69, 9.17) is 16.6 Å². The molecule has 0 unspecified atom stereocenters. The Morgan fingerprint density at radius 1 is 1.01 bits per heavy atom. The third-order valence-corrected chi connectivity index (χ3v) is 18.2. The van der Waals surface area contributed by atoms with Crippen LogP contribution in [0.2, 0.25) is 5.02 Å². The standard InChI is InChI=1S/C45H39ClF7N7O5S2/c1-42(2,66(62,63)27-9-10-27)15-14-26-8-11-28(29-12-13-32(46)36-38(29)59(4)57-41(36)58-67(64,65)43(3)16-17-43)37(54-26)33(20-23-18-24(47)21-25(48)19-23)55-34(61)22-60-40-35(39(56-60)45(51,52)53)30-6-5-7-31(30)44(40,49)50/h8,11-13,18-19,21,27,30-31,33H,7,9-10,16-17,20,22H2,1-4H3,(H,55,61)(H,57,58)/t30-,31+,33-/m0/s1. The Labute approximate surface area is 385 Å². The van der Waals surface area contributed by atoms with E-state index < -0.39 is 112 Å². The van der Waals surface area contributed by atoms with Crippen LogP contribution in [-0.2, 0) is 56.8 Å². The minimum absolute atomic E-state index is 0.0455. The molecule has 2 fully saturated rings. The number of hydrogen-bond acceptors (Lipinski definition) is 8. The second kappa shape index (κ2) is 15.7. The number of fused-ring (bicyclic) bond motifs is 4. The highest BCUT2D eigenvalue weighted by Crippen LogP contribution is 2.58. The molecule has 22 heteroatoms. The largest absolute Gasteiger partial charge is 0.435 e. The van der Waals surface area contributed by atoms with Crippen LogP contribution in [-0.4, -0.2) is 62.0 Å². The molecule has 3 atom stereocenters. The van der Waals surface area contributed by atoms with Crippen LogP contribution in [0.4, 0.5) is 36.6 Å². The van der Waals surface area contributed by atoms with Crippen molar-refractivity contribution in [2.24, 2.45) is 13.0 Å². The number of anilines is 1. The summed E-state index contributed by atoms with van der Waals surface area (Å²) >= 11 is 6.73. The molecule has 0 radical (unpaired) electrons. The van der Waals surface area contributed by atoms with E-state index in [1.54, 1.807) is 6.92 Å². The maximum atomic E-state index is 16.0. The SMILES string of the molecule is Cn1nc(NS(=O)(=O)C2(C)CC2)c2c(Cl)ccc(-c3ccc(C#CC(C)(C)S(=O)(=O)C4CC4)nc3[C@H](Cc3cc(F)cc(F)c3)NC(=O)Cn3nc(C(F)(F)F)c4c3C(F)(F)[C@@H]3CC#C[C@H]43)c21. The van der Waals surface area contributed by atoms with Crippen molar-refractivity contribution in [1.82, 2.24) is 29.9 Å². The monoisotopic (exact) mass is 989 g/mol. The number of nitrogens with zero attached hydrogens (tertiary/aromatic N) is 5. The summed E-state index contributed by atoms with van der Waals surface area (Å²) in [5.74, 6) is 0.243. The van der Waals surface area contributed by atoms with Crippen LogP contribution in [0.1, 0.15) is 98.7 Å². The van der Waals surface area contributed by atoms with Gasteiger partial charge in [-0.15, -0.1) is 5.92 Å². The van der Waals surface area contributed by atoms with Crippen molar-refractivity contribution in [2.45, 2.75) is 105 Å². The van der Waals surface area contributed by atoms with Gasteiger partial charge >= 0.3 is 6.18 Å². The highest BCUT2D eigenvalue weighted by atomic mass is 35.5. The smallest absolute Gasteiger partial charge is 0.346 e. The van der Waals surface area contributed by atoms with Crippen molar-refractivity contribution in [2.75, 3.05) is 4.72 Å². The number of benzene rings is 2. The van der Waals surface area contributed by atoms with Gasteiger partial charge in [0.25, 0.3) is 5.92 Å². The normalized spacial score (nSPS) is 19.8. The molecule has 3 heterocycles.